The molecule has 1 atom stereocenters. The van der Waals surface area contributed by atoms with Gasteiger partial charge >= 0.3 is 5.97 Å². The Balaban J connectivity index is 1.59. The molecule has 0 bridgehead atoms. The standard InChI is InChI=1S/C19H16N2O3S/c22-17(21-19-20-8-9-25-19)13-6-7-15-14(10-13)11-16(24-18(15)23)12-4-2-1-3-5-12/h1-7,10,16H,8-9,11H2,(H,20,21,22)/t16-/m0/s1. The first kappa shape index (κ1) is 15.9. The molecule has 0 saturated carbocycles. The summed E-state index contributed by atoms with van der Waals surface area (Å²) in [6.45, 7) is 0.731. The van der Waals surface area contributed by atoms with E-state index in [0.29, 0.717) is 22.7 Å². The third kappa shape index (κ3) is 3.30. The van der Waals surface area contributed by atoms with Gasteiger partial charge < -0.3 is 10.1 Å². The normalized spacial score (nSPS) is 19.0. The van der Waals surface area contributed by atoms with Crippen molar-refractivity contribution in [3.63, 3.8) is 0 Å². The van der Waals surface area contributed by atoms with Crippen LogP contribution in [0.15, 0.2) is 53.5 Å². The second-order valence-electron chi connectivity index (χ2n) is 5.87. The lowest BCUT2D eigenvalue weighted by atomic mass is 9.93. The zero-order valence-electron chi connectivity index (χ0n) is 13.4. The smallest absolute Gasteiger partial charge is 0.339 e. The molecule has 1 N–H and O–H groups in total. The number of benzene rings is 2. The summed E-state index contributed by atoms with van der Waals surface area (Å²) in [5, 5.41) is 3.47. The minimum Gasteiger partial charge on any atom is -0.454 e. The number of cyclic esters (lactones) is 1. The number of rotatable bonds is 2. The van der Waals surface area contributed by atoms with E-state index in [9.17, 15) is 9.59 Å². The molecule has 1 amide bonds. The second kappa shape index (κ2) is 6.72. The number of aliphatic imine (C=N–C) groups is 1. The van der Waals surface area contributed by atoms with Crippen molar-refractivity contribution in [2.75, 3.05) is 12.3 Å². The number of fused-ring (bicyclic) bond motifs is 1. The lowest BCUT2D eigenvalue weighted by molar-refractivity contribution is 0.0252. The summed E-state index contributed by atoms with van der Waals surface area (Å²) in [4.78, 5) is 28.9. The number of ether oxygens (including phenoxy) is 1. The molecule has 4 rings (SSSR count). The van der Waals surface area contributed by atoms with E-state index in [1.807, 2.05) is 30.3 Å². The average molecular weight is 352 g/mol. The Morgan fingerprint density at radius 1 is 1.20 bits per heavy atom. The zero-order valence-corrected chi connectivity index (χ0v) is 14.2. The van der Waals surface area contributed by atoms with Crippen LogP contribution in [-0.2, 0) is 11.2 Å². The Morgan fingerprint density at radius 2 is 2.04 bits per heavy atom. The van der Waals surface area contributed by atoms with Crippen molar-refractivity contribution in [1.82, 2.24) is 5.32 Å². The third-order valence-electron chi connectivity index (χ3n) is 4.22. The van der Waals surface area contributed by atoms with Crippen LogP contribution in [0.4, 0.5) is 0 Å². The van der Waals surface area contributed by atoms with Crippen LogP contribution in [0.3, 0.4) is 0 Å². The molecule has 0 saturated heterocycles. The van der Waals surface area contributed by atoms with Crippen LogP contribution in [-0.4, -0.2) is 29.3 Å². The summed E-state index contributed by atoms with van der Waals surface area (Å²) < 4.78 is 5.54. The van der Waals surface area contributed by atoms with Gasteiger partial charge in [0.25, 0.3) is 5.91 Å². The van der Waals surface area contributed by atoms with Gasteiger partial charge in [-0.25, -0.2) is 4.79 Å². The fourth-order valence-electron chi connectivity index (χ4n) is 2.97. The first-order valence-electron chi connectivity index (χ1n) is 8.08. The van der Waals surface area contributed by atoms with Crippen LogP contribution in [0.1, 0.15) is 37.9 Å². The number of carbonyl (C=O) groups excluding carboxylic acids is 2. The Hall–Kier alpha value is -2.60. The van der Waals surface area contributed by atoms with Gasteiger partial charge in [-0.15, -0.1) is 0 Å². The maximum atomic E-state index is 12.4. The van der Waals surface area contributed by atoms with Gasteiger partial charge in [0, 0.05) is 17.7 Å². The molecule has 0 radical (unpaired) electrons. The molecule has 6 heteroatoms. The Morgan fingerprint density at radius 3 is 2.80 bits per heavy atom. The fraction of sp³-hybridized carbons (Fsp3) is 0.211. The van der Waals surface area contributed by atoms with Crippen LogP contribution in [0.5, 0.6) is 0 Å². The number of hydrogen-bond donors (Lipinski definition) is 1. The van der Waals surface area contributed by atoms with E-state index < -0.39 is 0 Å². The van der Waals surface area contributed by atoms with Gasteiger partial charge in [0.2, 0.25) is 0 Å². The van der Waals surface area contributed by atoms with Crippen LogP contribution >= 0.6 is 11.8 Å². The SMILES string of the molecule is O=C(NC1=NCCS1)c1ccc2c(c1)C[C@@H](c1ccccc1)OC2=O. The molecule has 126 valence electrons. The van der Waals surface area contributed by atoms with E-state index >= 15 is 0 Å². The van der Waals surface area contributed by atoms with Crippen molar-refractivity contribution in [3.05, 3.63) is 70.8 Å². The monoisotopic (exact) mass is 352 g/mol. The predicted octanol–water partition coefficient (Wildman–Crippen LogP) is 2.97. The first-order valence-corrected chi connectivity index (χ1v) is 9.07. The van der Waals surface area contributed by atoms with E-state index in [2.05, 4.69) is 10.3 Å². The van der Waals surface area contributed by atoms with Crippen LogP contribution in [0.2, 0.25) is 0 Å². The topological polar surface area (TPSA) is 67.8 Å². The minimum absolute atomic E-state index is 0.203. The Labute approximate surface area is 149 Å². The lowest BCUT2D eigenvalue weighted by Gasteiger charge is -2.25. The summed E-state index contributed by atoms with van der Waals surface area (Å²) in [7, 11) is 0. The molecule has 0 aliphatic carbocycles. The van der Waals surface area contributed by atoms with E-state index in [1.54, 1.807) is 18.2 Å². The number of esters is 1. The largest absolute Gasteiger partial charge is 0.454 e. The molecule has 0 unspecified atom stereocenters. The lowest BCUT2D eigenvalue weighted by Crippen LogP contribution is -2.28. The van der Waals surface area contributed by atoms with E-state index in [1.165, 1.54) is 11.8 Å². The molecule has 2 aliphatic rings. The molecule has 0 fully saturated rings. The number of thioether (sulfide) groups is 1. The number of carbonyl (C=O) groups is 2. The number of hydrogen-bond acceptors (Lipinski definition) is 5. The minimum atomic E-state index is -0.349. The highest BCUT2D eigenvalue weighted by molar-refractivity contribution is 8.14. The summed E-state index contributed by atoms with van der Waals surface area (Å²) >= 11 is 1.54. The summed E-state index contributed by atoms with van der Waals surface area (Å²) in [6, 6.07) is 14.7. The van der Waals surface area contributed by atoms with Gasteiger partial charge in [0.15, 0.2) is 5.17 Å². The van der Waals surface area contributed by atoms with Crippen molar-refractivity contribution < 1.29 is 14.3 Å². The van der Waals surface area contributed by atoms with Crippen molar-refractivity contribution in [2.45, 2.75) is 12.5 Å². The van der Waals surface area contributed by atoms with Crippen molar-refractivity contribution in [1.29, 1.82) is 0 Å². The van der Waals surface area contributed by atoms with Gasteiger partial charge in [-0.1, -0.05) is 42.1 Å². The van der Waals surface area contributed by atoms with E-state index in [4.69, 9.17) is 4.74 Å². The quantitative estimate of drug-likeness (QED) is 0.844. The van der Waals surface area contributed by atoms with Crippen molar-refractivity contribution >= 4 is 28.8 Å². The predicted molar refractivity (Wildman–Crippen MR) is 97.0 cm³/mol. The van der Waals surface area contributed by atoms with Crippen LogP contribution in [0.25, 0.3) is 0 Å². The highest BCUT2D eigenvalue weighted by atomic mass is 32.2. The molecule has 0 aromatic heterocycles. The Bertz CT molecular complexity index is 864. The van der Waals surface area contributed by atoms with Gasteiger partial charge in [0.1, 0.15) is 6.10 Å². The van der Waals surface area contributed by atoms with Crippen LogP contribution in [0, 0.1) is 0 Å². The summed E-state index contributed by atoms with van der Waals surface area (Å²) in [5.74, 6) is 0.341. The number of nitrogens with one attached hydrogen (secondary N) is 1. The van der Waals surface area contributed by atoms with Gasteiger partial charge in [-0.05, 0) is 29.3 Å². The van der Waals surface area contributed by atoms with Gasteiger partial charge in [0.05, 0.1) is 12.1 Å². The summed E-state index contributed by atoms with van der Waals surface area (Å²) in [5.41, 5.74) is 2.83. The van der Waals surface area contributed by atoms with Crippen molar-refractivity contribution in [3.8, 4) is 0 Å². The molecular weight excluding hydrogens is 336 g/mol. The molecule has 25 heavy (non-hydrogen) atoms. The molecule has 2 aromatic carbocycles. The third-order valence-corrected chi connectivity index (χ3v) is 5.11. The van der Waals surface area contributed by atoms with Gasteiger partial charge in [-0.2, -0.15) is 0 Å². The van der Waals surface area contributed by atoms with E-state index in [-0.39, 0.29) is 18.0 Å². The first-order chi connectivity index (χ1) is 12.2. The molecular formula is C19H16N2O3S. The summed E-state index contributed by atoms with van der Waals surface area (Å²) in [6.07, 6.45) is 0.233. The maximum absolute atomic E-state index is 12.4. The zero-order chi connectivity index (χ0) is 17.2. The highest BCUT2D eigenvalue weighted by Gasteiger charge is 2.28. The molecule has 0 spiro atoms. The number of amidine groups is 1. The fourth-order valence-corrected chi connectivity index (χ4v) is 3.69. The molecule has 2 aliphatic heterocycles. The second-order valence-corrected chi connectivity index (χ2v) is 6.95. The van der Waals surface area contributed by atoms with Crippen molar-refractivity contribution in [2.24, 2.45) is 4.99 Å². The van der Waals surface area contributed by atoms with E-state index in [0.717, 1.165) is 23.4 Å². The number of amides is 1. The van der Waals surface area contributed by atoms with Crippen LogP contribution < -0.4 is 5.32 Å². The number of nitrogens with zero attached hydrogens (tertiary/aromatic N) is 1. The molecule has 2 heterocycles. The highest BCUT2D eigenvalue weighted by Crippen LogP contribution is 2.31. The van der Waals surface area contributed by atoms with Gasteiger partial charge in [-0.3, -0.25) is 9.79 Å². The Kier molecular flexibility index (Phi) is 4.28. The molecule has 2 aromatic rings. The molecule has 5 nitrogen and oxygen atoms in total. The maximum Gasteiger partial charge on any atom is 0.339 e. The average Bonchev–Trinajstić information content (AvgIpc) is 3.15.